The van der Waals surface area contributed by atoms with Gasteiger partial charge in [0.05, 0.1) is 10.7 Å². The maximum Gasteiger partial charge on any atom is 0.223 e. The first-order valence-electron chi connectivity index (χ1n) is 9.50. The molecule has 27 heavy (non-hydrogen) atoms. The zero-order chi connectivity index (χ0) is 19.4. The second-order valence-electron chi connectivity index (χ2n) is 8.02. The van der Waals surface area contributed by atoms with Gasteiger partial charge in [-0.05, 0) is 50.6 Å². The lowest BCUT2D eigenvalue weighted by atomic mass is 9.84. The first-order chi connectivity index (χ1) is 12.8. The van der Waals surface area contributed by atoms with Crippen LogP contribution >= 0.6 is 22.9 Å². The number of aryl methyl sites for hydroxylation is 1. The predicted molar refractivity (Wildman–Crippen MR) is 112 cm³/mol. The molecular formula is C21H28ClN3OS. The molecule has 146 valence electrons. The summed E-state index contributed by atoms with van der Waals surface area (Å²) in [5.74, 6) is 0.280. The number of aromatic nitrogens is 1. The Morgan fingerprint density at radius 1 is 1.37 bits per heavy atom. The van der Waals surface area contributed by atoms with Crippen molar-refractivity contribution >= 4 is 28.8 Å². The molecule has 3 rings (SSSR count). The highest BCUT2D eigenvalue weighted by Crippen LogP contribution is 2.26. The standard InChI is InChI=1S/C21H28ClN3OS/c1-15-24-19(13-27-15)12-25-9-7-16(8-10-25)20(26)23-14-21(2,3)17-5-4-6-18(22)11-17/h4-6,11,13,16H,7-10,12,14H2,1-3H3,(H,23,26). The quantitative estimate of drug-likeness (QED) is 0.774. The van der Waals surface area contributed by atoms with E-state index in [2.05, 4.69) is 40.5 Å². The van der Waals surface area contributed by atoms with Gasteiger partial charge in [0.1, 0.15) is 0 Å². The van der Waals surface area contributed by atoms with Crippen molar-refractivity contribution < 1.29 is 4.79 Å². The van der Waals surface area contributed by atoms with E-state index < -0.39 is 0 Å². The fourth-order valence-corrected chi connectivity index (χ4v) is 4.32. The molecule has 0 saturated carbocycles. The zero-order valence-electron chi connectivity index (χ0n) is 16.3. The van der Waals surface area contributed by atoms with Gasteiger partial charge in [-0.25, -0.2) is 4.98 Å². The van der Waals surface area contributed by atoms with E-state index in [9.17, 15) is 4.79 Å². The van der Waals surface area contributed by atoms with Crippen LogP contribution in [0.15, 0.2) is 29.6 Å². The molecular weight excluding hydrogens is 378 g/mol. The van der Waals surface area contributed by atoms with Crippen molar-refractivity contribution in [2.75, 3.05) is 19.6 Å². The Morgan fingerprint density at radius 3 is 2.74 bits per heavy atom. The van der Waals surface area contributed by atoms with Crippen LogP contribution in [0.2, 0.25) is 5.02 Å². The van der Waals surface area contributed by atoms with Crippen LogP contribution in [-0.4, -0.2) is 35.4 Å². The fourth-order valence-electron chi connectivity index (χ4n) is 3.53. The minimum absolute atomic E-state index is 0.105. The Hall–Kier alpha value is -1.43. The number of carbonyl (C=O) groups excluding carboxylic acids is 1. The van der Waals surface area contributed by atoms with E-state index in [4.69, 9.17) is 11.6 Å². The number of halogens is 1. The van der Waals surface area contributed by atoms with E-state index >= 15 is 0 Å². The van der Waals surface area contributed by atoms with Crippen molar-refractivity contribution in [3.05, 3.63) is 50.9 Å². The number of carbonyl (C=O) groups is 1. The van der Waals surface area contributed by atoms with Gasteiger partial charge in [0.2, 0.25) is 5.91 Å². The zero-order valence-corrected chi connectivity index (χ0v) is 17.9. The van der Waals surface area contributed by atoms with Gasteiger partial charge in [0, 0.05) is 34.8 Å². The van der Waals surface area contributed by atoms with Crippen LogP contribution in [0, 0.1) is 12.8 Å². The molecule has 1 aromatic heterocycles. The Morgan fingerprint density at radius 2 is 2.11 bits per heavy atom. The van der Waals surface area contributed by atoms with Crippen LogP contribution in [0.4, 0.5) is 0 Å². The number of amides is 1. The third-order valence-electron chi connectivity index (χ3n) is 5.32. The van der Waals surface area contributed by atoms with E-state index in [1.54, 1.807) is 11.3 Å². The molecule has 0 unspecified atom stereocenters. The Labute approximate surface area is 170 Å². The summed E-state index contributed by atoms with van der Waals surface area (Å²) < 4.78 is 0. The number of hydrogen-bond acceptors (Lipinski definition) is 4. The van der Waals surface area contributed by atoms with E-state index in [1.807, 2.05) is 25.1 Å². The van der Waals surface area contributed by atoms with E-state index in [-0.39, 0.29) is 17.2 Å². The minimum Gasteiger partial charge on any atom is -0.355 e. The van der Waals surface area contributed by atoms with Gasteiger partial charge in [-0.2, -0.15) is 0 Å². The fraction of sp³-hybridized carbons (Fsp3) is 0.524. The summed E-state index contributed by atoms with van der Waals surface area (Å²) in [6.45, 7) is 9.72. The molecule has 1 amide bonds. The number of piperidine rings is 1. The highest BCUT2D eigenvalue weighted by Gasteiger charge is 2.27. The van der Waals surface area contributed by atoms with Crippen LogP contribution in [0.3, 0.4) is 0 Å². The molecule has 1 N–H and O–H groups in total. The average molecular weight is 406 g/mol. The number of rotatable bonds is 6. The van der Waals surface area contributed by atoms with E-state index in [0.29, 0.717) is 6.54 Å². The molecule has 2 aromatic rings. The molecule has 0 aliphatic carbocycles. The predicted octanol–water partition coefficient (Wildman–Crippen LogP) is 4.41. The molecule has 1 aromatic carbocycles. The van der Waals surface area contributed by atoms with Crippen LogP contribution in [-0.2, 0) is 16.8 Å². The summed E-state index contributed by atoms with van der Waals surface area (Å²) >= 11 is 7.81. The number of thiazole rings is 1. The molecule has 0 radical (unpaired) electrons. The average Bonchev–Trinajstić information content (AvgIpc) is 3.05. The summed E-state index contributed by atoms with van der Waals surface area (Å²) in [5.41, 5.74) is 2.14. The second-order valence-corrected chi connectivity index (χ2v) is 9.52. The highest BCUT2D eigenvalue weighted by molar-refractivity contribution is 7.09. The van der Waals surface area contributed by atoms with Crippen molar-refractivity contribution in [1.82, 2.24) is 15.2 Å². The van der Waals surface area contributed by atoms with Gasteiger partial charge in [-0.1, -0.05) is 37.6 Å². The topological polar surface area (TPSA) is 45.2 Å². The van der Waals surface area contributed by atoms with E-state index in [0.717, 1.165) is 53.8 Å². The Bertz CT molecular complexity index is 781. The summed E-state index contributed by atoms with van der Waals surface area (Å²) in [4.78, 5) is 19.6. The first kappa shape index (κ1) is 20.3. The van der Waals surface area contributed by atoms with Crippen LogP contribution < -0.4 is 5.32 Å². The molecule has 6 heteroatoms. The molecule has 0 bridgehead atoms. The lowest BCUT2D eigenvalue weighted by Crippen LogP contribution is -2.43. The second kappa shape index (κ2) is 8.72. The van der Waals surface area contributed by atoms with Crippen LogP contribution in [0.1, 0.15) is 43.0 Å². The molecule has 0 spiro atoms. The smallest absolute Gasteiger partial charge is 0.223 e. The largest absolute Gasteiger partial charge is 0.355 e. The molecule has 2 heterocycles. The summed E-state index contributed by atoms with van der Waals surface area (Å²) in [7, 11) is 0. The third-order valence-corrected chi connectivity index (χ3v) is 6.38. The van der Waals surface area contributed by atoms with Crippen LogP contribution in [0.25, 0.3) is 0 Å². The first-order valence-corrected chi connectivity index (χ1v) is 10.8. The summed E-state index contributed by atoms with van der Waals surface area (Å²) in [6, 6.07) is 7.88. The highest BCUT2D eigenvalue weighted by atomic mass is 35.5. The van der Waals surface area contributed by atoms with Crippen molar-refractivity contribution in [3.8, 4) is 0 Å². The lowest BCUT2D eigenvalue weighted by Gasteiger charge is -2.32. The van der Waals surface area contributed by atoms with Gasteiger partial charge >= 0.3 is 0 Å². The lowest BCUT2D eigenvalue weighted by molar-refractivity contribution is -0.126. The number of hydrogen-bond donors (Lipinski definition) is 1. The monoisotopic (exact) mass is 405 g/mol. The van der Waals surface area contributed by atoms with Gasteiger partial charge < -0.3 is 5.32 Å². The summed E-state index contributed by atoms with van der Waals surface area (Å²) in [6.07, 6.45) is 1.82. The Kier molecular flexibility index (Phi) is 6.56. The maximum absolute atomic E-state index is 12.6. The minimum atomic E-state index is -0.149. The molecule has 0 atom stereocenters. The molecule has 1 fully saturated rings. The van der Waals surface area contributed by atoms with Gasteiger partial charge in [-0.3, -0.25) is 9.69 Å². The van der Waals surface area contributed by atoms with Crippen molar-refractivity contribution in [3.63, 3.8) is 0 Å². The summed E-state index contributed by atoms with van der Waals surface area (Å²) in [5, 5.41) is 7.14. The van der Waals surface area contributed by atoms with Crippen molar-refractivity contribution in [1.29, 1.82) is 0 Å². The maximum atomic E-state index is 12.6. The molecule has 4 nitrogen and oxygen atoms in total. The number of benzene rings is 1. The molecule has 1 saturated heterocycles. The van der Waals surface area contributed by atoms with Crippen molar-refractivity contribution in [2.45, 2.75) is 45.6 Å². The number of likely N-dealkylation sites (tertiary alicyclic amines) is 1. The molecule has 1 aliphatic rings. The van der Waals surface area contributed by atoms with E-state index in [1.165, 1.54) is 0 Å². The van der Waals surface area contributed by atoms with Gasteiger partial charge in [-0.15, -0.1) is 11.3 Å². The SMILES string of the molecule is Cc1nc(CN2CCC(C(=O)NCC(C)(C)c3cccc(Cl)c3)CC2)cs1. The third kappa shape index (κ3) is 5.53. The number of nitrogens with zero attached hydrogens (tertiary/aromatic N) is 2. The number of nitrogens with one attached hydrogen (secondary N) is 1. The van der Waals surface area contributed by atoms with Gasteiger partial charge in [0.15, 0.2) is 0 Å². The normalized spacial score (nSPS) is 16.4. The van der Waals surface area contributed by atoms with Crippen LogP contribution in [0.5, 0.6) is 0 Å². The Balaban J connectivity index is 1.46. The van der Waals surface area contributed by atoms with Gasteiger partial charge in [0.25, 0.3) is 0 Å². The molecule has 1 aliphatic heterocycles. The van der Waals surface area contributed by atoms with Crippen molar-refractivity contribution in [2.24, 2.45) is 5.92 Å².